The second-order valence-electron chi connectivity index (χ2n) is 3.49. The first-order valence-electron chi connectivity index (χ1n) is 5.58. The normalized spacial score (nSPS) is 10.1. The summed E-state index contributed by atoms with van der Waals surface area (Å²) < 4.78 is 4.54. The van der Waals surface area contributed by atoms with Crippen LogP contribution in [0, 0.1) is 0 Å². The van der Waals surface area contributed by atoms with Gasteiger partial charge in [-0.2, -0.15) is 0 Å². The first-order valence-corrected chi connectivity index (χ1v) is 5.58. The molecule has 3 nitrogen and oxygen atoms in total. The highest BCUT2D eigenvalue weighted by atomic mass is 16.5. The Kier molecular flexibility index (Phi) is 10.1. The quantitative estimate of drug-likeness (QED) is 0.458. The molecule has 84 valence electrons. The van der Waals surface area contributed by atoms with Crippen LogP contribution in [0.4, 0.5) is 0 Å². The average molecular weight is 201 g/mol. The Bertz CT molecular complexity index is 137. The maximum absolute atomic E-state index is 10.7. The van der Waals surface area contributed by atoms with Crippen molar-refractivity contribution in [1.82, 2.24) is 5.32 Å². The SMILES string of the molecule is CCCCCCNCCCC(=O)OC. The predicted molar refractivity (Wildman–Crippen MR) is 58.3 cm³/mol. The van der Waals surface area contributed by atoms with Gasteiger partial charge in [0.2, 0.25) is 0 Å². The maximum atomic E-state index is 10.7. The molecule has 0 bridgehead atoms. The number of ether oxygens (including phenoxy) is 1. The number of esters is 1. The van der Waals surface area contributed by atoms with E-state index in [-0.39, 0.29) is 5.97 Å². The molecule has 0 fully saturated rings. The number of hydrogen-bond donors (Lipinski definition) is 1. The molecular formula is C11H23NO2. The minimum atomic E-state index is -0.113. The van der Waals surface area contributed by atoms with Crippen LogP contribution in [-0.2, 0) is 9.53 Å². The van der Waals surface area contributed by atoms with Gasteiger partial charge in [0.15, 0.2) is 0 Å². The summed E-state index contributed by atoms with van der Waals surface area (Å²) in [4.78, 5) is 10.7. The molecule has 0 amide bonds. The van der Waals surface area contributed by atoms with Gasteiger partial charge < -0.3 is 10.1 Å². The van der Waals surface area contributed by atoms with Crippen LogP contribution in [-0.4, -0.2) is 26.2 Å². The predicted octanol–water partition coefficient (Wildman–Crippen LogP) is 2.11. The van der Waals surface area contributed by atoms with Crippen LogP contribution in [0.2, 0.25) is 0 Å². The van der Waals surface area contributed by atoms with Crippen LogP contribution in [0.25, 0.3) is 0 Å². The van der Waals surface area contributed by atoms with Crippen LogP contribution < -0.4 is 5.32 Å². The van der Waals surface area contributed by atoms with Crippen molar-refractivity contribution in [3.05, 3.63) is 0 Å². The molecule has 1 N–H and O–H groups in total. The van der Waals surface area contributed by atoms with Gasteiger partial charge in [-0.15, -0.1) is 0 Å². The fourth-order valence-electron chi connectivity index (χ4n) is 1.26. The van der Waals surface area contributed by atoms with E-state index in [0.29, 0.717) is 6.42 Å². The van der Waals surface area contributed by atoms with E-state index in [0.717, 1.165) is 19.5 Å². The van der Waals surface area contributed by atoms with Gasteiger partial charge >= 0.3 is 5.97 Å². The molecule has 0 unspecified atom stereocenters. The van der Waals surface area contributed by atoms with E-state index in [1.54, 1.807) is 0 Å². The smallest absolute Gasteiger partial charge is 0.305 e. The second-order valence-corrected chi connectivity index (χ2v) is 3.49. The summed E-state index contributed by atoms with van der Waals surface area (Å²) in [6, 6.07) is 0. The summed E-state index contributed by atoms with van der Waals surface area (Å²) in [5.74, 6) is -0.113. The van der Waals surface area contributed by atoms with E-state index in [1.807, 2.05) is 0 Å². The molecule has 0 rings (SSSR count). The van der Waals surface area contributed by atoms with Gasteiger partial charge in [0, 0.05) is 6.42 Å². The van der Waals surface area contributed by atoms with Crippen LogP contribution in [0.5, 0.6) is 0 Å². The molecule has 0 heterocycles. The second kappa shape index (κ2) is 10.5. The van der Waals surface area contributed by atoms with E-state index in [1.165, 1.54) is 32.8 Å². The van der Waals surface area contributed by atoms with Gasteiger partial charge in [-0.3, -0.25) is 4.79 Å². The van der Waals surface area contributed by atoms with Gasteiger partial charge in [0.25, 0.3) is 0 Å². The van der Waals surface area contributed by atoms with Gasteiger partial charge in [0.05, 0.1) is 7.11 Å². The maximum Gasteiger partial charge on any atom is 0.305 e. The Morgan fingerprint density at radius 3 is 2.50 bits per heavy atom. The number of hydrogen-bond acceptors (Lipinski definition) is 3. The van der Waals surface area contributed by atoms with E-state index < -0.39 is 0 Å². The van der Waals surface area contributed by atoms with E-state index in [2.05, 4.69) is 17.0 Å². The Hall–Kier alpha value is -0.570. The number of carbonyl (C=O) groups is 1. The molecule has 0 saturated heterocycles. The summed E-state index contributed by atoms with van der Waals surface area (Å²) in [6.07, 6.45) is 6.55. The highest BCUT2D eigenvalue weighted by Gasteiger charge is 1.97. The van der Waals surface area contributed by atoms with Crippen molar-refractivity contribution in [2.24, 2.45) is 0 Å². The lowest BCUT2D eigenvalue weighted by molar-refractivity contribution is -0.140. The summed E-state index contributed by atoms with van der Waals surface area (Å²) >= 11 is 0. The molecule has 0 aliphatic rings. The molecule has 0 radical (unpaired) electrons. The highest BCUT2D eigenvalue weighted by Crippen LogP contribution is 1.97. The number of methoxy groups -OCH3 is 1. The fraction of sp³-hybridized carbons (Fsp3) is 0.909. The first-order chi connectivity index (χ1) is 6.81. The Morgan fingerprint density at radius 2 is 1.86 bits per heavy atom. The van der Waals surface area contributed by atoms with Gasteiger partial charge in [-0.1, -0.05) is 26.2 Å². The third-order valence-corrected chi connectivity index (χ3v) is 2.17. The third kappa shape index (κ3) is 9.52. The molecule has 0 spiro atoms. The Morgan fingerprint density at radius 1 is 1.14 bits per heavy atom. The standard InChI is InChI=1S/C11H23NO2/c1-3-4-5-6-9-12-10-7-8-11(13)14-2/h12H,3-10H2,1-2H3. The molecule has 0 atom stereocenters. The number of carbonyl (C=O) groups excluding carboxylic acids is 1. The molecule has 0 aliphatic carbocycles. The molecule has 0 saturated carbocycles. The van der Waals surface area contributed by atoms with Crippen molar-refractivity contribution in [2.75, 3.05) is 20.2 Å². The molecule has 0 aromatic heterocycles. The summed E-state index contributed by atoms with van der Waals surface area (Å²) in [5, 5.41) is 3.32. The van der Waals surface area contributed by atoms with Crippen molar-refractivity contribution in [1.29, 1.82) is 0 Å². The lowest BCUT2D eigenvalue weighted by atomic mass is 10.2. The summed E-state index contributed by atoms with van der Waals surface area (Å²) in [5.41, 5.74) is 0. The number of nitrogens with one attached hydrogen (secondary N) is 1. The molecule has 3 heteroatoms. The minimum absolute atomic E-state index is 0.113. The van der Waals surface area contributed by atoms with Gasteiger partial charge in [-0.25, -0.2) is 0 Å². The zero-order valence-corrected chi connectivity index (χ0v) is 9.47. The van der Waals surface area contributed by atoms with Gasteiger partial charge in [-0.05, 0) is 25.9 Å². The third-order valence-electron chi connectivity index (χ3n) is 2.17. The lowest BCUT2D eigenvalue weighted by Crippen LogP contribution is -2.17. The monoisotopic (exact) mass is 201 g/mol. The van der Waals surface area contributed by atoms with Crippen molar-refractivity contribution in [2.45, 2.75) is 45.4 Å². The molecule has 0 aliphatic heterocycles. The van der Waals surface area contributed by atoms with Crippen LogP contribution in [0.1, 0.15) is 45.4 Å². The van der Waals surface area contributed by atoms with E-state index >= 15 is 0 Å². The largest absolute Gasteiger partial charge is 0.469 e. The number of rotatable bonds is 9. The van der Waals surface area contributed by atoms with Crippen molar-refractivity contribution < 1.29 is 9.53 Å². The van der Waals surface area contributed by atoms with Crippen LogP contribution in [0.15, 0.2) is 0 Å². The molecular weight excluding hydrogens is 178 g/mol. The van der Waals surface area contributed by atoms with Crippen LogP contribution >= 0.6 is 0 Å². The summed E-state index contributed by atoms with van der Waals surface area (Å²) in [6.45, 7) is 4.20. The average Bonchev–Trinajstić information content (AvgIpc) is 2.21. The highest BCUT2D eigenvalue weighted by molar-refractivity contribution is 5.68. The topological polar surface area (TPSA) is 38.3 Å². The molecule has 14 heavy (non-hydrogen) atoms. The summed E-state index contributed by atoms with van der Waals surface area (Å²) in [7, 11) is 1.43. The zero-order valence-electron chi connectivity index (χ0n) is 9.47. The van der Waals surface area contributed by atoms with Gasteiger partial charge in [0.1, 0.15) is 0 Å². The fourth-order valence-corrected chi connectivity index (χ4v) is 1.26. The van der Waals surface area contributed by atoms with Crippen molar-refractivity contribution in [3.8, 4) is 0 Å². The lowest BCUT2D eigenvalue weighted by Gasteiger charge is -2.03. The Labute approximate surface area is 87.2 Å². The van der Waals surface area contributed by atoms with Crippen molar-refractivity contribution in [3.63, 3.8) is 0 Å². The van der Waals surface area contributed by atoms with Crippen LogP contribution in [0.3, 0.4) is 0 Å². The minimum Gasteiger partial charge on any atom is -0.469 e. The Balaban J connectivity index is 2.95. The molecule has 0 aromatic carbocycles. The van der Waals surface area contributed by atoms with E-state index in [9.17, 15) is 4.79 Å². The van der Waals surface area contributed by atoms with E-state index in [4.69, 9.17) is 0 Å². The zero-order chi connectivity index (χ0) is 10.6. The molecule has 0 aromatic rings. The first kappa shape index (κ1) is 13.4. The number of unbranched alkanes of at least 4 members (excludes halogenated alkanes) is 3. The van der Waals surface area contributed by atoms with Crippen molar-refractivity contribution >= 4 is 5.97 Å².